The quantitative estimate of drug-likeness (QED) is 0.325. The summed E-state index contributed by atoms with van der Waals surface area (Å²) in [6.45, 7) is 5.73. The van der Waals surface area contributed by atoms with Crippen LogP contribution < -0.4 is 0 Å². The standard InChI is InChI=1S/C18H21NO5S/c1-5-24-14(21)10-13(20)16-17(25-6-2)15(18(22)23-4)12-9-11(3)7-8-19(12)16/h7-9H,5-6,10H2,1-4H3. The molecule has 2 rings (SSSR count). The van der Waals surface area contributed by atoms with Gasteiger partial charge in [0.2, 0.25) is 0 Å². The molecule has 7 heteroatoms. The zero-order chi connectivity index (χ0) is 18.6. The number of methoxy groups -OCH3 is 1. The lowest BCUT2D eigenvalue weighted by Gasteiger charge is -2.06. The first-order valence-corrected chi connectivity index (χ1v) is 8.97. The molecule has 0 aromatic carbocycles. The Morgan fingerprint density at radius 1 is 1.24 bits per heavy atom. The number of hydrogen-bond acceptors (Lipinski definition) is 6. The number of aromatic nitrogens is 1. The van der Waals surface area contributed by atoms with E-state index >= 15 is 0 Å². The van der Waals surface area contributed by atoms with E-state index in [4.69, 9.17) is 9.47 Å². The highest BCUT2D eigenvalue weighted by molar-refractivity contribution is 7.99. The molecule has 2 aromatic rings. The monoisotopic (exact) mass is 363 g/mol. The van der Waals surface area contributed by atoms with E-state index in [1.54, 1.807) is 17.5 Å². The van der Waals surface area contributed by atoms with Crippen LogP contribution in [0.15, 0.2) is 23.2 Å². The summed E-state index contributed by atoms with van der Waals surface area (Å²) in [4.78, 5) is 37.4. The van der Waals surface area contributed by atoms with Crippen molar-refractivity contribution in [1.82, 2.24) is 4.40 Å². The van der Waals surface area contributed by atoms with Crippen LogP contribution in [-0.2, 0) is 14.3 Å². The van der Waals surface area contributed by atoms with Gasteiger partial charge in [0, 0.05) is 6.20 Å². The molecule has 0 aliphatic heterocycles. The normalized spacial score (nSPS) is 10.7. The average Bonchev–Trinajstić information content (AvgIpc) is 2.87. The smallest absolute Gasteiger partial charge is 0.341 e. The van der Waals surface area contributed by atoms with Gasteiger partial charge in [-0.2, -0.15) is 0 Å². The topological polar surface area (TPSA) is 74.1 Å². The Morgan fingerprint density at radius 2 is 1.96 bits per heavy atom. The first-order valence-electron chi connectivity index (χ1n) is 7.99. The summed E-state index contributed by atoms with van der Waals surface area (Å²) < 4.78 is 11.4. The van der Waals surface area contributed by atoms with Gasteiger partial charge in [-0.25, -0.2) is 4.79 Å². The van der Waals surface area contributed by atoms with Gasteiger partial charge in [-0.15, -0.1) is 11.8 Å². The highest BCUT2D eigenvalue weighted by atomic mass is 32.2. The molecule has 0 aliphatic rings. The minimum Gasteiger partial charge on any atom is -0.466 e. The minimum atomic E-state index is -0.582. The first kappa shape index (κ1) is 19.1. The van der Waals surface area contributed by atoms with Crippen molar-refractivity contribution < 1.29 is 23.9 Å². The molecule has 0 spiro atoms. The summed E-state index contributed by atoms with van der Waals surface area (Å²) >= 11 is 1.38. The number of hydrogen-bond donors (Lipinski definition) is 0. The molecule has 0 amide bonds. The lowest BCUT2D eigenvalue weighted by molar-refractivity contribution is -0.141. The molecule has 6 nitrogen and oxygen atoms in total. The SMILES string of the molecule is CCOC(=O)CC(=O)c1c(SCC)c(C(=O)OC)c2cc(C)ccn12. The molecule has 0 aliphatic carbocycles. The van der Waals surface area contributed by atoms with Crippen LogP contribution in [0.5, 0.6) is 0 Å². The predicted molar refractivity (Wildman–Crippen MR) is 95.5 cm³/mol. The molecule has 0 fully saturated rings. The van der Waals surface area contributed by atoms with Crippen LogP contribution in [0.2, 0.25) is 0 Å². The van der Waals surface area contributed by atoms with Gasteiger partial charge >= 0.3 is 11.9 Å². The van der Waals surface area contributed by atoms with E-state index in [-0.39, 0.29) is 18.8 Å². The number of aryl methyl sites for hydroxylation is 1. The number of ketones is 1. The molecule has 0 N–H and O–H groups in total. The molecule has 0 radical (unpaired) electrons. The Hall–Kier alpha value is -2.28. The largest absolute Gasteiger partial charge is 0.466 e. The Bertz CT molecular complexity index is 824. The van der Waals surface area contributed by atoms with E-state index in [1.165, 1.54) is 18.9 Å². The lowest BCUT2D eigenvalue weighted by Crippen LogP contribution is -2.14. The van der Waals surface area contributed by atoms with Crippen LogP contribution in [0, 0.1) is 6.92 Å². The minimum absolute atomic E-state index is 0.212. The van der Waals surface area contributed by atoms with E-state index in [1.807, 2.05) is 26.0 Å². The van der Waals surface area contributed by atoms with Crippen LogP contribution in [0.4, 0.5) is 0 Å². The van der Waals surface area contributed by atoms with Gasteiger partial charge in [-0.05, 0) is 37.3 Å². The van der Waals surface area contributed by atoms with Crippen molar-refractivity contribution in [2.24, 2.45) is 0 Å². The van der Waals surface area contributed by atoms with E-state index in [0.29, 0.717) is 27.4 Å². The molecule has 0 atom stereocenters. The van der Waals surface area contributed by atoms with Gasteiger partial charge in [-0.1, -0.05) is 6.92 Å². The second-order valence-corrected chi connectivity index (χ2v) is 6.62. The molecule has 2 heterocycles. The summed E-state index contributed by atoms with van der Waals surface area (Å²) in [6, 6.07) is 3.67. The number of ether oxygens (including phenoxy) is 2. The lowest BCUT2D eigenvalue weighted by atomic mass is 10.2. The van der Waals surface area contributed by atoms with E-state index < -0.39 is 11.9 Å². The Balaban J connectivity index is 2.68. The van der Waals surface area contributed by atoms with Crippen LogP contribution in [0.1, 0.15) is 46.7 Å². The van der Waals surface area contributed by atoms with E-state index in [2.05, 4.69) is 0 Å². The molecule has 2 aromatic heterocycles. The third kappa shape index (κ3) is 3.87. The fourth-order valence-corrected chi connectivity index (χ4v) is 3.58. The van der Waals surface area contributed by atoms with Gasteiger partial charge < -0.3 is 13.9 Å². The second-order valence-electron chi connectivity index (χ2n) is 5.34. The third-order valence-corrected chi connectivity index (χ3v) is 4.58. The van der Waals surface area contributed by atoms with Gasteiger partial charge in [-0.3, -0.25) is 9.59 Å². The number of esters is 2. The third-order valence-electron chi connectivity index (χ3n) is 3.60. The summed E-state index contributed by atoms with van der Waals surface area (Å²) in [6.07, 6.45) is 1.36. The molecule has 25 heavy (non-hydrogen) atoms. The average molecular weight is 363 g/mol. The number of nitrogens with zero attached hydrogens (tertiary/aromatic N) is 1. The second kappa shape index (κ2) is 8.20. The summed E-state index contributed by atoms with van der Waals surface area (Å²) in [5.41, 5.74) is 2.21. The number of fused-ring (bicyclic) bond motifs is 1. The van der Waals surface area contributed by atoms with Crippen LogP contribution in [0.3, 0.4) is 0 Å². The maximum absolute atomic E-state index is 12.8. The van der Waals surface area contributed by atoms with Gasteiger partial charge in [0.1, 0.15) is 12.1 Å². The molecule has 0 saturated carbocycles. The molecule has 0 saturated heterocycles. The fourth-order valence-electron chi connectivity index (χ4n) is 2.61. The van der Waals surface area contributed by atoms with Gasteiger partial charge in [0.25, 0.3) is 0 Å². The molecule has 134 valence electrons. The number of carbonyl (C=O) groups excluding carboxylic acids is 3. The Labute approximate surface area is 150 Å². The van der Waals surface area contributed by atoms with Crippen molar-refractivity contribution in [3.05, 3.63) is 35.2 Å². The van der Waals surface area contributed by atoms with Crippen LogP contribution >= 0.6 is 11.8 Å². The van der Waals surface area contributed by atoms with Gasteiger partial charge in [0.05, 0.1) is 29.7 Å². The maximum atomic E-state index is 12.8. The van der Waals surface area contributed by atoms with Crippen molar-refractivity contribution in [3.8, 4) is 0 Å². The van der Waals surface area contributed by atoms with Crippen molar-refractivity contribution in [1.29, 1.82) is 0 Å². The Morgan fingerprint density at radius 3 is 2.56 bits per heavy atom. The first-order chi connectivity index (χ1) is 11.9. The highest BCUT2D eigenvalue weighted by Crippen LogP contribution is 2.34. The van der Waals surface area contributed by atoms with Crippen LogP contribution in [0.25, 0.3) is 5.52 Å². The summed E-state index contributed by atoms with van der Waals surface area (Å²) in [5.74, 6) is -0.807. The summed E-state index contributed by atoms with van der Waals surface area (Å²) in [7, 11) is 1.31. The fraction of sp³-hybridized carbons (Fsp3) is 0.389. The number of rotatable bonds is 7. The Kier molecular flexibility index (Phi) is 6.25. The zero-order valence-electron chi connectivity index (χ0n) is 14.8. The van der Waals surface area contributed by atoms with E-state index in [9.17, 15) is 14.4 Å². The number of Topliss-reactive ketones (excluding diaryl/α,β-unsaturated/α-hetero) is 1. The molecule has 0 unspecified atom stereocenters. The molecule has 0 bridgehead atoms. The van der Waals surface area contributed by atoms with Crippen molar-refractivity contribution in [2.45, 2.75) is 32.1 Å². The van der Waals surface area contributed by atoms with E-state index in [0.717, 1.165) is 5.56 Å². The molecular weight excluding hydrogens is 342 g/mol. The molecular formula is C18H21NO5S. The summed E-state index contributed by atoms with van der Waals surface area (Å²) in [5, 5.41) is 0. The number of carbonyl (C=O) groups is 3. The van der Waals surface area contributed by atoms with Crippen molar-refractivity contribution >= 4 is 35.0 Å². The van der Waals surface area contributed by atoms with Crippen molar-refractivity contribution in [3.63, 3.8) is 0 Å². The number of pyridine rings is 1. The number of thioether (sulfide) groups is 1. The van der Waals surface area contributed by atoms with Crippen LogP contribution in [-0.4, -0.2) is 41.6 Å². The maximum Gasteiger partial charge on any atom is 0.341 e. The highest BCUT2D eigenvalue weighted by Gasteiger charge is 2.28. The van der Waals surface area contributed by atoms with Crippen molar-refractivity contribution in [2.75, 3.05) is 19.5 Å². The zero-order valence-corrected chi connectivity index (χ0v) is 15.6. The predicted octanol–water partition coefficient (Wildman–Crippen LogP) is 3.28. The van der Waals surface area contributed by atoms with Gasteiger partial charge in [0.15, 0.2) is 5.78 Å².